The first kappa shape index (κ1) is 16.9. The topological polar surface area (TPSA) is 33.2 Å². The van der Waals surface area contributed by atoms with Crippen LogP contribution in [0.2, 0.25) is 0 Å². The minimum atomic E-state index is 0.0162. The Hall–Kier alpha value is -2.42. The van der Waals surface area contributed by atoms with Crippen molar-refractivity contribution >= 4 is 18.1 Å². The van der Waals surface area contributed by atoms with E-state index in [1.54, 1.807) is 19.0 Å². The molecule has 0 unspecified atom stereocenters. The van der Waals surface area contributed by atoms with Crippen molar-refractivity contribution in [3.63, 3.8) is 0 Å². The maximum absolute atomic E-state index is 11.8. The van der Waals surface area contributed by atoms with Gasteiger partial charge in [0.05, 0.1) is 0 Å². The summed E-state index contributed by atoms with van der Waals surface area (Å²) >= 11 is 0. The van der Waals surface area contributed by atoms with Crippen LogP contribution >= 0.6 is 0 Å². The smallest absolute Gasteiger partial charge is 0.253 e. The van der Waals surface area contributed by atoms with Gasteiger partial charge in [-0.3, -0.25) is 9.78 Å². The second-order valence-corrected chi connectivity index (χ2v) is 6.88. The molecule has 0 fully saturated rings. The van der Waals surface area contributed by atoms with Gasteiger partial charge in [0, 0.05) is 37.0 Å². The molecule has 0 radical (unpaired) electrons. The summed E-state index contributed by atoms with van der Waals surface area (Å²) in [4.78, 5) is 17.9. The number of aromatic nitrogens is 1. The summed E-state index contributed by atoms with van der Waals surface area (Å²) in [5.74, 6) is 0.0162. The number of pyridine rings is 1. The van der Waals surface area contributed by atoms with E-state index in [2.05, 4.69) is 37.9 Å². The lowest BCUT2D eigenvalue weighted by atomic mass is 9.91. The number of hydrogen-bond acceptors (Lipinski definition) is 2. The first-order chi connectivity index (χ1) is 10.8. The molecule has 0 aliphatic carbocycles. The zero-order chi connectivity index (χ0) is 17.0. The first-order valence-electron chi connectivity index (χ1n) is 7.74. The van der Waals surface area contributed by atoms with Gasteiger partial charge >= 0.3 is 0 Å². The van der Waals surface area contributed by atoms with Crippen molar-refractivity contribution < 1.29 is 4.79 Å². The summed E-state index contributed by atoms with van der Waals surface area (Å²) in [5.41, 5.74) is 3.97. The van der Waals surface area contributed by atoms with Crippen LogP contribution in [0.5, 0.6) is 0 Å². The third-order valence-corrected chi connectivity index (χ3v) is 3.59. The summed E-state index contributed by atoms with van der Waals surface area (Å²) in [7, 11) is 3.51. The number of carbonyl (C=O) groups is 1. The lowest BCUT2D eigenvalue weighted by Gasteiger charge is -2.17. The minimum Gasteiger partial charge on any atom is -0.345 e. The summed E-state index contributed by atoms with van der Waals surface area (Å²) in [5, 5.41) is 0. The van der Waals surface area contributed by atoms with Crippen molar-refractivity contribution in [2.75, 3.05) is 14.1 Å². The Balaban J connectivity index is 2.10. The Bertz CT molecular complexity index is 690. The normalized spacial score (nSPS) is 11.7. The maximum Gasteiger partial charge on any atom is 0.253 e. The summed E-state index contributed by atoms with van der Waals surface area (Å²) in [6.45, 7) is 6.46. The molecular formula is C20H24N2O. The van der Waals surface area contributed by atoms with Gasteiger partial charge in [0.1, 0.15) is 0 Å². The van der Waals surface area contributed by atoms with Crippen molar-refractivity contribution in [1.82, 2.24) is 9.88 Å². The van der Waals surface area contributed by atoms with E-state index in [4.69, 9.17) is 0 Å². The standard InChI is InChI=1S/C20H24N2O/c1-20(2,3)18-13-10-16(14-21-18)7-6-15-8-11-17(12-9-15)19(23)22(4)5/h6-14H,1-5H3/b7-6+. The van der Waals surface area contributed by atoms with Crippen LogP contribution in [0.15, 0.2) is 42.6 Å². The first-order valence-corrected chi connectivity index (χ1v) is 7.74. The Morgan fingerprint density at radius 1 is 0.957 bits per heavy atom. The van der Waals surface area contributed by atoms with E-state index >= 15 is 0 Å². The quantitative estimate of drug-likeness (QED) is 0.849. The lowest BCUT2D eigenvalue weighted by Crippen LogP contribution is -2.21. The minimum absolute atomic E-state index is 0.0162. The van der Waals surface area contributed by atoms with Crippen molar-refractivity contribution in [1.29, 1.82) is 0 Å². The number of carbonyl (C=O) groups excluding carboxylic acids is 1. The van der Waals surface area contributed by atoms with E-state index < -0.39 is 0 Å². The SMILES string of the molecule is CN(C)C(=O)c1ccc(/C=C/c2ccc(C(C)(C)C)nc2)cc1. The summed E-state index contributed by atoms with van der Waals surface area (Å²) in [6.07, 6.45) is 5.95. The van der Waals surface area contributed by atoms with Crippen LogP contribution in [0.1, 0.15) is 48.0 Å². The van der Waals surface area contributed by atoms with E-state index in [1.807, 2.05) is 42.6 Å². The van der Waals surface area contributed by atoms with Crippen LogP contribution in [-0.4, -0.2) is 29.9 Å². The second kappa shape index (κ2) is 6.78. The van der Waals surface area contributed by atoms with E-state index in [9.17, 15) is 4.79 Å². The van der Waals surface area contributed by atoms with Gasteiger partial charge in [-0.2, -0.15) is 0 Å². The van der Waals surface area contributed by atoms with Gasteiger partial charge in [-0.05, 0) is 29.3 Å². The maximum atomic E-state index is 11.8. The lowest BCUT2D eigenvalue weighted by molar-refractivity contribution is 0.0827. The molecule has 0 aliphatic heterocycles. The Morgan fingerprint density at radius 3 is 2.00 bits per heavy atom. The Morgan fingerprint density at radius 2 is 1.52 bits per heavy atom. The van der Waals surface area contributed by atoms with Crippen molar-refractivity contribution in [3.05, 3.63) is 65.0 Å². The van der Waals surface area contributed by atoms with Crippen molar-refractivity contribution in [2.24, 2.45) is 0 Å². The van der Waals surface area contributed by atoms with Gasteiger partial charge in [-0.25, -0.2) is 0 Å². The number of benzene rings is 1. The molecule has 0 aliphatic rings. The third-order valence-electron chi connectivity index (χ3n) is 3.59. The molecule has 1 aromatic carbocycles. The van der Waals surface area contributed by atoms with Gasteiger partial charge in [0.15, 0.2) is 0 Å². The zero-order valence-corrected chi connectivity index (χ0v) is 14.5. The highest BCUT2D eigenvalue weighted by Crippen LogP contribution is 2.20. The fraction of sp³-hybridized carbons (Fsp3) is 0.300. The van der Waals surface area contributed by atoms with Crippen LogP contribution in [0, 0.1) is 0 Å². The highest BCUT2D eigenvalue weighted by atomic mass is 16.2. The van der Waals surface area contributed by atoms with Gasteiger partial charge in [-0.15, -0.1) is 0 Å². The highest BCUT2D eigenvalue weighted by Gasteiger charge is 2.14. The molecule has 0 spiro atoms. The van der Waals surface area contributed by atoms with Gasteiger partial charge in [0.25, 0.3) is 5.91 Å². The number of rotatable bonds is 3. The molecule has 2 rings (SSSR count). The molecule has 0 atom stereocenters. The zero-order valence-electron chi connectivity index (χ0n) is 14.5. The predicted molar refractivity (Wildman–Crippen MR) is 96.3 cm³/mol. The van der Waals surface area contributed by atoms with Crippen molar-refractivity contribution in [2.45, 2.75) is 26.2 Å². The molecule has 2 aromatic rings. The van der Waals surface area contributed by atoms with Gasteiger partial charge in [-0.1, -0.05) is 51.1 Å². The molecule has 120 valence electrons. The monoisotopic (exact) mass is 308 g/mol. The molecule has 1 heterocycles. The van der Waals surface area contributed by atoms with E-state index in [-0.39, 0.29) is 11.3 Å². The molecule has 1 aromatic heterocycles. The van der Waals surface area contributed by atoms with E-state index in [0.717, 1.165) is 16.8 Å². The number of amides is 1. The van der Waals surface area contributed by atoms with E-state index in [0.29, 0.717) is 5.56 Å². The largest absolute Gasteiger partial charge is 0.345 e. The molecule has 3 heteroatoms. The summed E-state index contributed by atoms with van der Waals surface area (Å²) in [6, 6.07) is 11.7. The molecule has 23 heavy (non-hydrogen) atoms. The molecular weight excluding hydrogens is 284 g/mol. The molecule has 0 N–H and O–H groups in total. The fourth-order valence-electron chi connectivity index (χ4n) is 2.13. The van der Waals surface area contributed by atoms with Gasteiger partial charge < -0.3 is 4.90 Å². The van der Waals surface area contributed by atoms with Crippen LogP contribution in [0.4, 0.5) is 0 Å². The van der Waals surface area contributed by atoms with E-state index in [1.165, 1.54) is 0 Å². The number of nitrogens with zero attached hydrogens (tertiary/aromatic N) is 2. The Labute approximate surface area is 138 Å². The van der Waals surface area contributed by atoms with Gasteiger partial charge in [0.2, 0.25) is 0 Å². The molecule has 0 saturated heterocycles. The van der Waals surface area contributed by atoms with Crippen LogP contribution in [0.25, 0.3) is 12.2 Å². The predicted octanol–water partition coefficient (Wildman–Crippen LogP) is 4.25. The van der Waals surface area contributed by atoms with Crippen LogP contribution < -0.4 is 0 Å². The third kappa shape index (κ3) is 4.52. The number of hydrogen-bond donors (Lipinski definition) is 0. The van der Waals surface area contributed by atoms with Crippen molar-refractivity contribution in [3.8, 4) is 0 Å². The van der Waals surface area contributed by atoms with Crippen LogP contribution in [-0.2, 0) is 5.41 Å². The van der Waals surface area contributed by atoms with Crippen LogP contribution in [0.3, 0.4) is 0 Å². The Kier molecular flexibility index (Phi) is 4.99. The average molecular weight is 308 g/mol. The average Bonchev–Trinajstić information content (AvgIpc) is 2.52. The fourth-order valence-corrected chi connectivity index (χ4v) is 2.13. The molecule has 0 saturated carbocycles. The molecule has 3 nitrogen and oxygen atoms in total. The highest BCUT2D eigenvalue weighted by molar-refractivity contribution is 5.94. The molecule has 0 bridgehead atoms. The molecule has 1 amide bonds. The second-order valence-electron chi connectivity index (χ2n) is 6.88. The summed E-state index contributed by atoms with van der Waals surface area (Å²) < 4.78 is 0.